The molecule has 0 aliphatic heterocycles. The summed E-state index contributed by atoms with van der Waals surface area (Å²) in [5.74, 6) is -0.933. The van der Waals surface area contributed by atoms with Crippen molar-refractivity contribution in [3.63, 3.8) is 0 Å². The molecule has 8 heteroatoms. The fourth-order valence-corrected chi connectivity index (χ4v) is 2.24. The van der Waals surface area contributed by atoms with Gasteiger partial charge in [-0.15, -0.1) is 0 Å². The fraction of sp³-hybridized carbons (Fsp3) is 0.0588. The number of benzene rings is 2. The van der Waals surface area contributed by atoms with E-state index in [1.807, 2.05) is 12.1 Å². The molecule has 4 nitrogen and oxygen atoms in total. The molecule has 0 spiro atoms. The van der Waals surface area contributed by atoms with E-state index in [1.54, 1.807) is 18.2 Å². The van der Waals surface area contributed by atoms with Gasteiger partial charge in [0.15, 0.2) is 0 Å². The summed E-state index contributed by atoms with van der Waals surface area (Å²) in [6.45, 7) is 0. The van der Waals surface area contributed by atoms with Gasteiger partial charge in [-0.25, -0.2) is 0 Å². The van der Waals surface area contributed by atoms with Crippen LogP contribution in [0.3, 0.4) is 0 Å². The number of nitrogens with zero attached hydrogens (tertiary/aromatic N) is 1. The first-order valence-corrected chi connectivity index (χ1v) is 7.99. The molecule has 0 saturated carbocycles. The van der Waals surface area contributed by atoms with E-state index in [0.29, 0.717) is 5.69 Å². The van der Waals surface area contributed by atoms with Crippen LogP contribution < -0.4 is 10.6 Å². The van der Waals surface area contributed by atoms with Gasteiger partial charge in [0, 0.05) is 15.5 Å². The van der Waals surface area contributed by atoms with Crippen molar-refractivity contribution in [1.82, 2.24) is 0 Å². The smallest absolute Gasteiger partial charge is 0.360 e. The van der Waals surface area contributed by atoms with Crippen LogP contribution in [0.5, 0.6) is 0 Å². The maximum absolute atomic E-state index is 12.9. The van der Waals surface area contributed by atoms with E-state index in [9.17, 15) is 18.0 Å². The molecule has 0 fully saturated rings. The number of hydrogen-bond donors (Lipinski definition) is 2. The van der Waals surface area contributed by atoms with Crippen LogP contribution in [0.1, 0.15) is 5.56 Å². The number of rotatable bonds is 4. The van der Waals surface area contributed by atoms with Crippen LogP contribution in [0, 0.1) is 14.9 Å². The molecule has 0 saturated heterocycles. The Hall–Kier alpha value is -2.54. The van der Waals surface area contributed by atoms with Crippen LogP contribution in [0.15, 0.2) is 60.3 Å². The Morgan fingerprint density at radius 1 is 1.12 bits per heavy atom. The standard InChI is InChI=1S/C17H11F3IN3O/c18-17(19,20)14-3-1-2-4-15(14)24-16(25)11(9-22)10-23-13-7-5-12(21)6-8-13/h1-8,10,23H,(H,24,25)/b11-10-. The second-order valence-electron chi connectivity index (χ2n) is 4.82. The average molecular weight is 457 g/mol. The molecule has 2 rings (SSSR count). The zero-order valence-corrected chi connectivity index (χ0v) is 14.7. The van der Waals surface area contributed by atoms with Crippen molar-refractivity contribution in [1.29, 1.82) is 5.26 Å². The fourth-order valence-electron chi connectivity index (χ4n) is 1.88. The van der Waals surface area contributed by atoms with E-state index in [2.05, 4.69) is 33.2 Å². The molecule has 128 valence electrons. The number of carbonyl (C=O) groups excluding carboxylic acids is 1. The lowest BCUT2D eigenvalue weighted by Gasteiger charge is -2.13. The van der Waals surface area contributed by atoms with Crippen LogP contribution in [-0.2, 0) is 11.0 Å². The zero-order valence-electron chi connectivity index (χ0n) is 12.6. The summed E-state index contributed by atoms with van der Waals surface area (Å²) >= 11 is 2.13. The van der Waals surface area contributed by atoms with E-state index < -0.39 is 23.3 Å². The van der Waals surface area contributed by atoms with Gasteiger partial charge in [0.25, 0.3) is 5.91 Å². The van der Waals surface area contributed by atoms with Crippen molar-refractivity contribution < 1.29 is 18.0 Å². The average Bonchev–Trinajstić information content (AvgIpc) is 2.56. The summed E-state index contributed by atoms with van der Waals surface area (Å²) in [5, 5.41) is 14.0. The van der Waals surface area contributed by atoms with Crippen molar-refractivity contribution in [3.8, 4) is 6.07 Å². The summed E-state index contributed by atoms with van der Waals surface area (Å²) in [6.07, 6.45) is -3.46. The third kappa shape index (κ3) is 5.22. The van der Waals surface area contributed by atoms with Crippen molar-refractivity contribution >= 4 is 39.9 Å². The Morgan fingerprint density at radius 2 is 1.76 bits per heavy atom. The van der Waals surface area contributed by atoms with Gasteiger partial charge in [-0.05, 0) is 59.0 Å². The Morgan fingerprint density at radius 3 is 2.36 bits per heavy atom. The molecule has 0 atom stereocenters. The Balaban J connectivity index is 2.17. The number of halogens is 4. The number of para-hydroxylation sites is 1. The number of nitriles is 1. The number of amides is 1. The SMILES string of the molecule is N#C/C(=C/Nc1ccc(I)cc1)C(=O)Nc1ccccc1C(F)(F)F. The van der Waals surface area contributed by atoms with Gasteiger partial charge in [-0.2, -0.15) is 18.4 Å². The van der Waals surface area contributed by atoms with Crippen molar-refractivity contribution in [2.45, 2.75) is 6.18 Å². The first-order valence-electron chi connectivity index (χ1n) is 6.91. The van der Waals surface area contributed by atoms with Crippen LogP contribution in [0.2, 0.25) is 0 Å². The quantitative estimate of drug-likeness (QED) is 0.395. The molecule has 0 unspecified atom stereocenters. The Labute approximate surface area is 155 Å². The highest BCUT2D eigenvalue weighted by Crippen LogP contribution is 2.34. The maximum atomic E-state index is 12.9. The first-order chi connectivity index (χ1) is 11.8. The monoisotopic (exact) mass is 457 g/mol. The summed E-state index contributed by atoms with van der Waals surface area (Å²) < 4.78 is 39.8. The molecule has 0 aliphatic carbocycles. The van der Waals surface area contributed by atoms with Crippen LogP contribution in [0.4, 0.5) is 24.5 Å². The molecular formula is C17H11F3IN3O. The van der Waals surface area contributed by atoms with Gasteiger partial charge < -0.3 is 10.6 Å². The van der Waals surface area contributed by atoms with Gasteiger partial charge in [0.2, 0.25) is 0 Å². The predicted octanol–water partition coefficient (Wildman–Crippen LogP) is 4.77. The molecule has 0 aliphatic rings. The molecule has 0 aromatic heterocycles. The van der Waals surface area contributed by atoms with Crippen LogP contribution >= 0.6 is 22.6 Å². The van der Waals surface area contributed by atoms with E-state index in [1.165, 1.54) is 12.1 Å². The molecule has 0 bridgehead atoms. The minimum absolute atomic E-state index is 0.351. The van der Waals surface area contributed by atoms with Crippen molar-refractivity contribution in [2.75, 3.05) is 10.6 Å². The number of alkyl halides is 3. The summed E-state index contributed by atoms with van der Waals surface area (Å²) in [5.41, 5.74) is -1.10. The molecule has 1 amide bonds. The first kappa shape index (κ1) is 18.8. The Kier molecular flexibility index (Phi) is 6.03. The highest BCUT2D eigenvalue weighted by Gasteiger charge is 2.33. The lowest BCUT2D eigenvalue weighted by Crippen LogP contribution is -2.18. The minimum Gasteiger partial charge on any atom is -0.360 e. The number of anilines is 2. The molecule has 2 aromatic carbocycles. The lowest BCUT2D eigenvalue weighted by atomic mass is 10.1. The molecule has 0 heterocycles. The van der Waals surface area contributed by atoms with E-state index >= 15 is 0 Å². The van der Waals surface area contributed by atoms with E-state index in [0.717, 1.165) is 21.9 Å². The molecule has 0 radical (unpaired) electrons. The third-order valence-electron chi connectivity index (χ3n) is 3.07. The summed E-state index contributed by atoms with van der Waals surface area (Å²) in [7, 11) is 0. The highest BCUT2D eigenvalue weighted by molar-refractivity contribution is 14.1. The normalized spacial score (nSPS) is 11.6. The highest BCUT2D eigenvalue weighted by atomic mass is 127. The largest absolute Gasteiger partial charge is 0.418 e. The molecule has 2 aromatic rings. The van der Waals surface area contributed by atoms with Gasteiger partial charge >= 0.3 is 6.18 Å². The second kappa shape index (κ2) is 8.02. The topological polar surface area (TPSA) is 64.9 Å². The lowest BCUT2D eigenvalue weighted by molar-refractivity contribution is -0.137. The van der Waals surface area contributed by atoms with Crippen LogP contribution in [0.25, 0.3) is 0 Å². The minimum atomic E-state index is -4.61. The van der Waals surface area contributed by atoms with Gasteiger partial charge in [0.05, 0.1) is 11.3 Å². The summed E-state index contributed by atoms with van der Waals surface area (Å²) in [6, 6.07) is 13.4. The van der Waals surface area contributed by atoms with Gasteiger partial charge in [-0.3, -0.25) is 4.79 Å². The summed E-state index contributed by atoms with van der Waals surface area (Å²) in [4.78, 5) is 12.1. The molecular weight excluding hydrogens is 446 g/mol. The number of hydrogen-bond acceptors (Lipinski definition) is 3. The second-order valence-corrected chi connectivity index (χ2v) is 6.06. The molecule has 2 N–H and O–H groups in total. The molecule has 25 heavy (non-hydrogen) atoms. The number of nitrogens with one attached hydrogen (secondary N) is 2. The van der Waals surface area contributed by atoms with E-state index in [-0.39, 0.29) is 5.57 Å². The predicted molar refractivity (Wildman–Crippen MR) is 96.6 cm³/mol. The van der Waals surface area contributed by atoms with Crippen molar-refractivity contribution in [2.24, 2.45) is 0 Å². The third-order valence-corrected chi connectivity index (χ3v) is 3.79. The van der Waals surface area contributed by atoms with Gasteiger partial charge in [0.1, 0.15) is 11.6 Å². The van der Waals surface area contributed by atoms with Crippen LogP contribution in [-0.4, -0.2) is 5.91 Å². The van der Waals surface area contributed by atoms with Gasteiger partial charge in [-0.1, -0.05) is 12.1 Å². The number of carbonyl (C=O) groups is 1. The van der Waals surface area contributed by atoms with E-state index in [4.69, 9.17) is 5.26 Å². The Bertz CT molecular complexity index is 839. The zero-order chi connectivity index (χ0) is 18.4. The van der Waals surface area contributed by atoms with Crippen molar-refractivity contribution in [3.05, 3.63) is 69.4 Å². The maximum Gasteiger partial charge on any atom is 0.418 e.